The van der Waals surface area contributed by atoms with Crippen molar-refractivity contribution in [1.82, 2.24) is 0 Å². The number of hydrogen-bond donors (Lipinski definition) is 1. The van der Waals surface area contributed by atoms with Crippen LogP contribution in [0.25, 0.3) is 0 Å². The molecule has 0 heterocycles. The summed E-state index contributed by atoms with van der Waals surface area (Å²) in [4.78, 5) is 24.1. The molecule has 0 aromatic heterocycles. The van der Waals surface area contributed by atoms with Crippen LogP contribution in [0.3, 0.4) is 0 Å². The van der Waals surface area contributed by atoms with Gasteiger partial charge in [-0.05, 0) is 53.2 Å². The molecule has 1 atom stereocenters. The van der Waals surface area contributed by atoms with E-state index < -0.39 is 23.8 Å². The van der Waals surface area contributed by atoms with Crippen molar-refractivity contribution in [3.8, 4) is 5.75 Å². The van der Waals surface area contributed by atoms with Gasteiger partial charge in [-0.25, -0.2) is 9.18 Å². The predicted octanol–water partition coefficient (Wildman–Crippen LogP) is 3.78. The second-order valence-corrected chi connectivity index (χ2v) is 5.72. The molecule has 24 heavy (non-hydrogen) atoms. The number of halogens is 2. The molecule has 0 bridgehead atoms. The first-order valence-electron chi connectivity index (χ1n) is 7.02. The van der Waals surface area contributed by atoms with E-state index in [0.29, 0.717) is 10.2 Å². The molecule has 2 aromatic carbocycles. The van der Waals surface area contributed by atoms with Gasteiger partial charge in [-0.1, -0.05) is 12.1 Å². The lowest BCUT2D eigenvalue weighted by Crippen LogP contribution is -2.30. The lowest BCUT2D eigenvalue weighted by molar-refractivity contribution is -0.123. The summed E-state index contributed by atoms with van der Waals surface area (Å²) < 4.78 is 24.3. The molecular formula is C17H15BrFNO4. The molecule has 0 saturated heterocycles. The number of carbonyl (C=O) groups excluding carboxylic acids is 2. The lowest BCUT2D eigenvalue weighted by atomic mass is 10.2. The molecule has 7 heteroatoms. The minimum Gasteiger partial charge on any atom is -0.496 e. The van der Waals surface area contributed by atoms with Crippen molar-refractivity contribution in [3.05, 3.63) is 58.3 Å². The van der Waals surface area contributed by atoms with E-state index in [9.17, 15) is 14.0 Å². The third kappa shape index (κ3) is 4.32. The maximum Gasteiger partial charge on any atom is 0.338 e. The molecule has 1 N–H and O–H groups in total. The first-order valence-corrected chi connectivity index (χ1v) is 7.81. The standard InChI is InChI=1S/C17H15BrFNO4/c1-10(16(21)20-14-6-4-3-5-13(14)19)24-17(22)11-7-8-15(23-2)12(18)9-11/h3-10H,1-2H3,(H,20,21)/t10-/m1/s1. The molecule has 0 radical (unpaired) electrons. The van der Waals surface area contributed by atoms with E-state index in [-0.39, 0.29) is 11.3 Å². The Morgan fingerprint density at radius 1 is 1.21 bits per heavy atom. The van der Waals surface area contributed by atoms with Gasteiger partial charge in [0.2, 0.25) is 0 Å². The number of anilines is 1. The number of carbonyl (C=O) groups is 2. The molecule has 0 spiro atoms. The molecule has 0 aliphatic heterocycles. The number of esters is 1. The van der Waals surface area contributed by atoms with Crippen LogP contribution in [0.2, 0.25) is 0 Å². The van der Waals surface area contributed by atoms with E-state index in [4.69, 9.17) is 9.47 Å². The Labute approximate surface area is 146 Å². The van der Waals surface area contributed by atoms with Gasteiger partial charge < -0.3 is 14.8 Å². The minimum atomic E-state index is -1.09. The van der Waals surface area contributed by atoms with Crippen LogP contribution in [0.5, 0.6) is 5.75 Å². The largest absolute Gasteiger partial charge is 0.496 e. The Bertz CT molecular complexity index is 766. The zero-order valence-corrected chi connectivity index (χ0v) is 14.6. The highest BCUT2D eigenvalue weighted by Crippen LogP contribution is 2.26. The number of amides is 1. The van der Waals surface area contributed by atoms with Crippen molar-refractivity contribution in [2.45, 2.75) is 13.0 Å². The minimum absolute atomic E-state index is 0.0255. The van der Waals surface area contributed by atoms with Gasteiger partial charge in [0, 0.05) is 0 Å². The highest BCUT2D eigenvalue weighted by Gasteiger charge is 2.20. The van der Waals surface area contributed by atoms with Gasteiger partial charge in [-0.15, -0.1) is 0 Å². The Hall–Kier alpha value is -2.41. The van der Waals surface area contributed by atoms with Crippen LogP contribution in [0, 0.1) is 5.82 Å². The van der Waals surface area contributed by atoms with Gasteiger partial charge in [0.15, 0.2) is 6.10 Å². The normalized spacial score (nSPS) is 11.5. The van der Waals surface area contributed by atoms with E-state index in [1.807, 2.05) is 0 Å². The summed E-state index contributed by atoms with van der Waals surface area (Å²) in [6.07, 6.45) is -1.09. The summed E-state index contributed by atoms with van der Waals surface area (Å²) in [6, 6.07) is 10.4. The molecule has 0 aliphatic carbocycles. The van der Waals surface area contributed by atoms with Crippen molar-refractivity contribution in [2.75, 3.05) is 12.4 Å². The molecule has 0 unspecified atom stereocenters. The SMILES string of the molecule is COc1ccc(C(=O)O[C@H](C)C(=O)Nc2ccccc2F)cc1Br. The Balaban J connectivity index is 2.02. The van der Waals surface area contributed by atoms with Crippen LogP contribution in [-0.2, 0) is 9.53 Å². The number of nitrogens with one attached hydrogen (secondary N) is 1. The van der Waals surface area contributed by atoms with E-state index in [0.717, 1.165) is 0 Å². The van der Waals surface area contributed by atoms with E-state index in [1.165, 1.54) is 44.4 Å². The van der Waals surface area contributed by atoms with Gasteiger partial charge in [-0.3, -0.25) is 4.79 Å². The summed E-state index contributed by atoms with van der Waals surface area (Å²) in [7, 11) is 1.51. The second-order valence-electron chi connectivity index (χ2n) is 4.87. The monoisotopic (exact) mass is 395 g/mol. The summed E-state index contributed by atoms with van der Waals surface area (Å²) in [5, 5.41) is 2.38. The Morgan fingerprint density at radius 3 is 2.54 bits per heavy atom. The highest BCUT2D eigenvalue weighted by atomic mass is 79.9. The average Bonchev–Trinajstić information content (AvgIpc) is 2.56. The Kier molecular flexibility index (Phi) is 5.92. The van der Waals surface area contributed by atoms with Crippen molar-refractivity contribution >= 4 is 33.5 Å². The molecule has 5 nitrogen and oxygen atoms in total. The first-order chi connectivity index (χ1) is 11.4. The van der Waals surface area contributed by atoms with Crippen molar-refractivity contribution in [2.24, 2.45) is 0 Å². The zero-order chi connectivity index (χ0) is 17.7. The third-order valence-electron chi connectivity index (χ3n) is 3.17. The maximum absolute atomic E-state index is 13.5. The van der Waals surface area contributed by atoms with Gasteiger partial charge in [0.1, 0.15) is 11.6 Å². The smallest absolute Gasteiger partial charge is 0.338 e. The second kappa shape index (κ2) is 7.92. The fourth-order valence-electron chi connectivity index (χ4n) is 1.87. The van der Waals surface area contributed by atoms with Crippen LogP contribution < -0.4 is 10.1 Å². The predicted molar refractivity (Wildman–Crippen MR) is 90.6 cm³/mol. The highest BCUT2D eigenvalue weighted by molar-refractivity contribution is 9.10. The lowest BCUT2D eigenvalue weighted by Gasteiger charge is -2.14. The average molecular weight is 396 g/mol. The molecular weight excluding hydrogens is 381 g/mol. The van der Waals surface area contributed by atoms with Crippen LogP contribution in [0.4, 0.5) is 10.1 Å². The third-order valence-corrected chi connectivity index (χ3v) is 3.79. The van der Waals surface area contributed by atoms with Crippen LogP contribution in [-0.4, -0.2) is 25.1 Å². The van der Waals surface area contributed by atoms with E-state index in [1.54, 1.807) is 12.1 Å². The van der Waals surface area contributed by atoms with Gasteiger partial charge in [0.05, 0.1) is 22.8 Å². The molecule has 2 rings (SSSR count). The fraction of sp³-hybridized carbons (Fsp3) is 0.176. The van der Waals surface area contributed by atoms with Gasteiger partial charge >= 0.3 is 5.97 Å². The van der Waals surface area contributed by atoms with Gasteiger partial charge in [-0.2, -0.15) is 0 Å². The summed E-state index contributed by atoms with van der Waals surface area (Å²) in [5.41, 5.74) is 0.283. The number of ether oxygens (including phenoxy) is 2. The van der Waals surface area contributed by atoms with Gasteiger partial charge in [0.25, 0.3) is 5.91 Å². The van der Waals surface area contributed by atoms with Crippen molar-refractivity contribution in [1.29, 1.82) is 0 Å². The van der Waals surface area contributed by atoms with E-state index in [2.05, 4.69) is 21.2 Å². The quantitative estimate of drug-likeness (QED) is 0.782. The van der Waals surface area contributed by atoms with E-state index >= 15 is 0 Å². The maximum atomic E-state index is 13.5. The van der Waals surface area contributed by atoms with Crippen LogP contribution >= 0.6 is 15.9 Å². The molecule has 0 saturated carbocycles. The molecule has 0 fully saturated rings. The van der Waals surface area contributed by atoms with Crippen molar-refractivity contribution < 1.29 is 23.5 Å². The summed E-state index contributed by atoms with van der Waals surface area (Å²) in [6.45, 7) is 1.41. The number of benzene rings is 2. The number of rotatable bonds is 5. The number of hydrogen-bond acceptors (Lipinski definition) is 4. The Morgan fingerprint density at radius 2 is 1.92 bits per heavy atom. The number of para-hydroxylation sites is 1. The molecule has 0 aliphatic rings. The molecule has 1 amide bonds. The number of methoxy groups -OCH3 is 1. The topological polar surface area (TPSA) is 64.6 Å². The van der Waals surface area contributed by atoms with Crippen molar-refractivity contribution in [3.63, 3.8) is 0 Å². The fourth-order valence-corrected chi connectivity index (χ4v) is 2.41. The van der Waals surface area contributed by atoms with Crippen LogP contribution in [0.15, 0.2) is 46.9 Å². The first kappa shape index (κ1) is 17.9. The molecule has 2 aromatic rings. The molecule has 126 valence electrons. The zero-order valence-electron chi connectivity index (χ0n) is 13.0. The summed E-state index contributed by atoms with van der Waals surface area (Å²) in [5.74, 6) is -1.30. The summed E-state index contributed by atoms with van der Waals surface area (Å²) >= 11 is 3.27. The van der Waals surface area contributed by atoms with Crippen LogP contribution in [0.1, 0.15) is 17.3 Å².